The topological polar surface area (TPSA) is 50.5 Å². The van der Waals surface area contributed by atoms with E-state index in [9.17, 15) is 4.79 Å². The normalized spacial score (nSPS) is 11.1. The molecule has 0 saturated carbocycles. The third-order valence-corrected chi connectivity index (χ3v) is 5.00. The Morgan fingerprint density at radius 3 is 2.65 bits per heavy atom. The summed E-state index contributed by atoms with van der Waals surface area (Å²) in [4.78, 5) is 24.0. The van der Waals surface area contributed by atoms with Gasteiger partial charge in [0.25, 0.3) is 5.91 Å². The van der Waals surface area contributed by atoms with Crippen LogP contribution in [0.4, 0.5) is 0 Å². The Balaban J connectivity index is 1.94. The maximum atomic E-state index is 13.3. The van der Waals surface area contributed by atoms with Crippen molar-refractivity contribution >= 4 is 27.5 Å². The minimum absolute atomic E-state index is 0.0309. The van der Waals surface area contributed by atoms with Gasteiger partial charge in [0, 0.05) is 36.2 Å². The summed E-state index contributed by atoms with van der Waals surface area (Å²) in [5, 5.41) is 0. The fraction of sp³-hybridized carbons (Fsp3) is 0.350. The molecule has 0 radical (unpaired) electrons. The van der Waals surface area contributed by atoms with E-state index in [2.05, 4.69) is 20.9 Å². The SMILES string of the molecule is CCc1nc2c(C)cc(Br)cn2c1C(=O)N(CC)CCc1ccncc1. The molecular formula is C20H23BrN4O. The zero-order chi connectivity index (χ0) is 18.7. The number of likely N-dealkylation sites (N-methyl/N-ethyl adjacent to an activating group) is 1. The van der Waals surface area contributed by atoms with Gasteiger partial charge >= 0.3 is 0 Å². The molecule has 0 atom stereocenters. The molecule has 6 heteroatoms. The second-order valence-electron chi connectivity index (χ2n) is 6.29. The van der Waals surface area contributed by atoms with Crippen LogP contribution >= 0.6 is 15.9 Å². The third-order valence-electron chi connectivity index (χ3n) is 4.57. The monoisotopic (exact) mass is 414 g/mol. The lowest BCUT2D eigenvalue weighted by molar-refractivity contribution is 0.0758. The van der Waals surface area contributed by atoms with Crippen LogP contribution in [0.15, 0.2) is 41.3 Å². The van der Waals surface area contributed by atoms with E-state index in [0.29, 0.717) is 18.8 Å². The van der Waals surface area contributed by atoms with Gasteiger partial charge in [-0.2, -0.15) is 0 Å². The number of amides is 1. The first kappa shape index (κ1) is 18.6. The van der Waals surface area contributed by atoms with Crippen molar-refractivity contribution in [3.8, 4) is 0 Å². The van der Waals surface area contributed by atoms with Crippen molar-refractivity contribution in [3.05, 3.63) is 63.8 Å². The van der Waals surface area contributed by atoms with E-state index in [1.165, 1.54) is 5.56 Å². The standard InChI is InChI=1S/C20H23BrN4O/c1-4-17-18(25-13-16(21)12-14(3)19(25)23-17)20(26)24(5-2)11-8-15-6-9-22-10-7-15/h6-7,9-10,12-13H,4-5,8,11H2,1-3H3. The average molecular weight is 415 g/mol. The molecule has 1 amide bonds. The maximum absolute atomic E-state index is 13.3. The largest absolute Gasteiger partial charge is 0.337 e. The van der Waals surface area contributed by atoms with Gasteiger partial charge in [0.2, 0.25) is 0 Å². The summed E-state index contributed by atoms with van der Waals surface area (Å²) in [7, 11) is 0. The minimum Gasteiger partial charge on any atom is -0.337 e. The number of hydrogen-bond donors (Lipinski definition) is 0. The van der Waals surface area contributed by atoms with Crippen LogP contribution in [0, 0.1) is 6.92 Å². The number of hydrogen-bond acceptors (Lipinski definition) is 3. The number of halogens is 1. The quantitative estimate of drug-likeness (QED) is 0.610. The summed E-state index contributed by atoms with van der Waals surface area (Å²) in [6.07, 6.45) is 7.03. The number of fused-ring (bicyclic) bond motifs is 1. The molecule has 3 aromatic rings. The first-order valence-electron chi connectivity index (χ1n) is 8.90. The van der Waals surface area contributed by atoms with E-state index in [1.807, 2.05) is 54.5 Å². The van der Waals surface area contributed by atoms with Crippen LogP contribution in [0.3, 0.4) is 0 Å². The molecule has 0 aliphatic rings. The Bertz CT molecular complexity index is 920. The van der Waals surface area contributed by atoms with Gasteiger partial charge in [-0.1, -0.05) is 6.92 Å². The predicted molar refractivity (Wildman–Crippen MR) is 107 cm³/mol. The van der Waals surface area contributed by atoms with Crippen LogP contribution in [-0.4, -0.2) is 38.3 Å². The molecule has 5 nitrogen and oxygen atoms in total. The second kappa shape index (κ2) is 7.99. The first-order chi connectivity index (χ1) is 12.5. The van der Waals surface area contributed by atoms with Crippen molar-refractivity contribution < 1.29 is 4.79 Å². The highest BCUT2D eigenvalue weighted by Gasteiger charge is 2.23. The number of rotatable bonds is 6. The number of carbonyl (C=O) groups is 1. The highest BCUT2D eigenvalue weighted by Crippen LogP contribution is 2.22. The van der Waals surface area contributed by atoms with Crippen molar-refractivity contribution in [1.29, 1.82) is 0 Å². The van der Waals surface area contributed by atoms with Crippen LogP contribution in [0.1, 0.15) is 41.2 Å². The van der Waals surface area contributed by atoms with E-state index >= 15 is 0 Å². The Hall–Kier alpha value is -2.21. The summed E-state index contributed by atoms with van der Waals surface area (Å²) in [5.41, 5.74) is 4.59. The first-order valence-corrected chi connectivity index (χ1v) is 9.69. The number of aryl methyl sites for hydroxylation is 2. The van der Waals surface area contributed by atoms with E-state index in [4.69, 9.17) is 4.98 Å². The van der Waals surface area contributed by atoms with E-state index in [1.54, 1.807) is 12.4 Å². The highest BCUT2D eigenvalue weighted by atomic mass is 79.9. The van der Waals surface area contributed by atoms with Crippen LogP contribution in [0.2, 0.25) is 0 Å². The van der Waals surface area contributed by atoms with Gasteiger partial charge in [-0.05, 0) is 71.9 Å². The molecule has 26 heavy (non-hydrogen) atoms. The van der Waals surface area contributed by atoms with Gasteiger partial charge in [-0.3, -0.25) is 14.2 Å². The van der Waals surface area contributed by atoms with Crippen LogP contribution in [0.5, 0.6) is 0 Å². The van der Waals surface area contributed by atoms with Gasteiger partial charge in [0.1, 0.15) is 11.3 Å². The molecule has 136 valence electrons. The van der Waals surface area contributed by atoms with E-state index in [-0.39, 0.29) is 5.91 Å². The lowest BCUT2D eigenvalue weighted by Gasteiger charge is -2.21. The van der Waals surface area contributed by atoms with E-state index < -0.39 is 0 Å². The fourth-order valence-corrected chi connectivity index (χ4v) is 3.70. The summed E-state index contributed by atoms with van der Waals surface area (Å²) in [5.74, 6) is 0.0309. The van der Waals surface area contributed by atoms with Crippen molar-refractivity contribution in [2.24, 2.45) is 0 Å². The molecule has 0 spiro atoms. The van der Waals surface area contributed by atoms with Crippen molar-refractivity contribution in [1.82, 2.24) is 19.3 Å². The van der Waals surface area contributed by atoms with Crippen LogP contribution < -0.4 is 0 Å². The summed E-state index contributed by atoms with van der Waals surface area (Å²) < 4.78 is 2.87. The predicted octanol–water partition coefficient (Wildman–Crippen LogP) is 4.07. The molecule has 3 heterocycles. The summed E-state index contributed by atoms with van der Waals surface area (Å²) >= 11 is 3.53. The molecule has 0 unspecified atom stereocenters. The fourth-order valence-electron chi connectivity index (χ4n) is 3.15. The Labute approximate surface area is 162 Å². The Kier molecular flexibility index (Phi) is 5.71. The molecule has 0 aliphatic carbocycles. The highest BCUT2D eigenvalue weighted by molar-refractivity contribution is 9.10. The molecule has 3 rings (SSSR count). The van der Waals surface area contributed by atoms with E-state index in [0.717, 1.165) is 34.2 Å². The average Bonchev–Trinajstić information content (AvgIpc) is 3.01. The van der Waals surface area contributed by atoms with Crippen molar-refractivity contribution in [2.75, 3.05) is 13.1 Å². The smallest absolute Gasteiger partial charge is 0.272 e. The number of nitrogens with zero attached hydrogens (tertiary/aromatic N) is 4. The molecule has 0 aromatic carbocycles. The lowest BCUT2D eigenvalue weighted by Crippen LogP contribution is -2.34. The molecule has 0 aliphatic heterocycles. The maximum Gasteiger partial charge on any atom is 0.272 e. The van der Waals surface area contributed by atoms with Crippen LogP contribution in [0.25, 0.3) is 5.65 Å². The van der Waals surface area contributed by atoms with Gasteiger partial charge in [0.15, 0.2) is 0 Å². The zero-order valence-electron chi connectivity index (χ0n) is 15.4. The second-order valence-corrected chi connectivity index (χ2v) is 7.20. The zero-order valence-corrected chi connectivity index (χ0v) is 17.0. The van der Waals surface area contributed by atoms with Crippen molar-refractivity contribution in [2.45, 2.75) is 33.6 Å². The molecule has 3 aromatic heterocycles. The lowest BCUT2D eigenvalue weighted by atomic mass is 10.1. The molecule has 0 saturated heterocycles. The third kappa shape index (κ3) is 3.65. The number of pyridine rings is 2. The number of aromatic nitrogens is 3. The van der Waals surface area contributed by atoms with Crippen LogP contribution in [-0.2, 0) is 12.8 Å². The van der Waals surface area contributed by atoms with Gasteiger partial charge in [-0.25, -0.2) is 4.98 Å². The van der Waals surface area contributed by atoms with Gasteiger partial charge < -0.3 is 4.90 Å². The Morgan fingerprint density at radius 2 is 2.00 bits per heavy atom. The molecule has 0 fully saturated rings. The summed E-state index contributed by atoms with van der Waals surface area (Å²) in [6.45, 7) is 7.40. The molecule has 0 N–H and O–H groups in total. The molecular weight excluding hydrogens is 392 g/mol. The minimum atomic E-state index is 0.0309. The number of imidazole rings is 1. The summed E-state index contributed by atoms with van der Waals surface area (Å²) in [6, 6.07) is 6.01. The Morgan fingerprint density at radius 1 is 1.27 bits per heavy atom. The number of carbonyl (C=O) groups excluding carboxylic acids is 1. The molecule has 0 bridgehead atoms. The van der Waals surface area contributed by atoms with Crippen molar-refractivity contribution in [3.63, 3.8) is 0 Å². The van der Waals surface area contributed by atoms with Gasteiger partial charge in [-0.15, -0.1) is 0 Å². The van der Waals surface area contributed by atoms with Gasteiger partial charge in [0.05, 0.1) is 5.69 Å².